The minimum Gasteiger partial charge on any atom is -0.316 e. The zero-order chi connectivity index (χ0) is 15.3. The van der Waals surface area contributed by atoms with Crippen LogP contribution in [0.4, 0.5) is 13.2 Å². The van der Waals surface area contributed by atoms with Crippen LogP contribution in [0, 0.1) is 5.92 Å². The summed E-state index contributed by atoms with van der Waals surface area (Å²) in [5.41, 5.74) is -0.138. The molecule has 0 aromatic heterocycles. The van der Waals surface area contributed by atoms with Gasteiger partial charge in [0.2, 0.25) is 0 Å². The third-order valence-electron chi connectivity index (χ3n) is 4.08. The molecule has 0 bridgehead atoms. The average molecular weight is 300 g/mol. The smallest absolute Gasteiger partial charge is 0.316 e. The number of hydrogen-bond donors (Lipinski definition) is 1. The molecule has 0 aliphatic carbocycles. The predicted molar refractivity (Wildman–Crippen MR) is 78.0 cm³/mol. The van der Waals surface area contributed by atoms with Crippen LogP contribution in [-0.4, -0.2) is 31.1 Å². The first-order valence-electron chi connectivity index (χ1n) is 7.59. The van der Waals surface area contributed by atoms with E-state index < -0.39 is 11.7 Å². The Morgan fingerprint density at radius 3 is 2.67 bits per heavy atom. The Morgan fingerprint density at radius 2 is 2.05 bits per heavy atom. The van der Waals surface area contributed by atoms with E-state index in [4.69, 9.17) is 0 Å². The van der Waals surface area contributed by atoms with Gasteiger partial charge in [0.05, 0.1) is 5.56 Å². The Balaban J connectivity index is 2.04. The lowest BCUT2D eigenvalue weighted by Crippen LogP contribution is -2.38. The monoisotopic (exact) mass is 300 g/mol. The summed E-state index contributed by atoms with van der Waals surface area (Å²) in [5.74, 6) is 0.539. The molecule has 2 nitrogen and oxygen atoms in total. The van der Waals surface area contributed by atoms with Crippen molar-refractivity contribution in [2.75, 3.05) is 26.2 Å². The predicted octanol–water partition coefficient (Wildman–Crippen LogP) is 3.53. The topological polar surface area (TPSA) is 15.3 Å². The number of nitrogens with zero attached hydrogens (tertiary/aromatic N) is 1. The van der Waals surface area contributed by atoms with E-state index in [1.807, 2.05) is 6.92 Å². The zero-order valence-corrected chi connectivity index (χ0v) is 12.4. The van der Waals surface area contributed by atoms with Crippen LogP contribution in [-0.2, 0) is 12.7 Å². The van der Waals surface area contributed by atoms with E-state index >= 15 is 0 Å². The molecule has 1 unspecified atom stereocenters. The SMILES string of the molecule is CCN(Cc1ccccc1C(F)(F)F)CC1CCCNC1. The number of rotatable bonds is 5. The van der Waals surface area contributed by atoms with Crippen LogP contribution < -0.4 is 5.32 Å². The van der Waals surface area contributed by atoms with Gasteiger partial charge in [-0.2, -0.15) is 13.2 Å². The number of halogens is 3. The molecular weight excluding hydrogens is 277 g/mol. The van der Waals surface area contributed by atoms with Crippen LogP contribution in [0.5, 0.6) is 0 Å². The van der Waals surface area contributed by atoms with Crippen LogP contribution in [0.25, 0.3) is 0 Å². The lowest BCUT2D eigenvalue weighted by Gasteiger charge is -2.30. The fraction of sp³-hybridized carbons (Fsp3) is 0.625. The Kier molecular flexibility index (Phi) is 5.65. The maximum atomic E-state index is 13.0. The van der Waals surface area contributed by atoms with Crippen molar-refractivity contribution in [3.63, 3.8) is 0 Å². The van der Waals surface area contributed by atoms with Gasteiger partial charge in [-0.1, -0.05) is 25.1 Å². The molecule has 2 rings (SSSR count). The number of nitrogens with one attached hydrogen (secondary N) is 1. The second-order valence-electron chi connectivity index (χ2n) is 5.70. The van der Waals surface area contributed by atoms with E-state index in [1.165, 1.54) is 12.1 Å². The number of piperidine rings is 1. The fourth-order valence-corrected chi connectivity index (χ4v) is 2.93. The molecule has 0 saturated carbocycles. The molecule has 0 spiro atoms. The van der Waals surface area contributed by atoms with Gasteiger partial charge in [-0.05, 0) is 50.0 Å². The molecule has 1 aromatic rings. The van der Waals surface area contributed by atoms with Crippen LogP contribution in [0.3, 0.4) is 0 Å². The maximum Gasteiger partial charge on any atom is 0.416 e. The van der Waals surface area contributed by atoms with Crippen LogP contribution in [0.1, 0.15) is 30.9 Å². The molecule has 21 heavy (non-hydrogen) atoms. The summed E-state index contributed by atoms with van der Waals surface area (Å²) >= 11 is 0. The van der Waals surface area contributed by atoms with E-state index in [0.29, 0.717) is 18.0 Å². The zero-order valence-electron chi connectivity index (χ0n) is 12.4. The lowest BCUT2D eigenvalue weighted by molar-refractivity contribution is -0.138. The molecule has 0 radical (unpaired) electrons. The summed E-state index contributed by atoms with van der Waals surface area (Å²) < 4.78 is 39.1. The van der Waals surface area contributed by atoms with Gasteiger partial charge in [-0.3, -0.25) is 4.90 Å². The summed E-state index contributed by atoms with van der Waals surface area (Å²) in [6.07, 6.45) is -1.96. The van der Waals surface area contributed by atoms with Crippen molar-refractivity contribution in [1.29, 1.82) is 0 Å². The number of hydrogen-bond acceptors (Lipinski definition) is 2. The Hall–Kier alpha value is -1.07. The second kappa shape index (κ2) is 7.27. The van der Waals surface area contributed by atoms with Crippen molar-refractivity contribution in [3.05, 3.63) is 35.4 Å². The van der Waals surface area contributed by atoms with Gasteiger partial charge in [0, 0.05) is 13.1 Å². The highest BCUT2D eigenvalue weighted by Gasteiger charge is 2.33. The Bertz CT molecular complexity index is 439. The van der Waals surface area contributed by atoms with Crippen LogP contribution in [0.15, 0.2) is 24.3 Å². The third kappa shape index (κ3) is 4.71. The molecule has 1 aliphatic rings. The average Bonchev–Trinajstić information content (AvgIpc) is 2.47. The molecule has 1 atom stereocenters. The molecule has 1 fully saturated rings. The summed E-state index contributed by atoms with van der Waals surface area (Å²) in [4.78, 5) is 2.11. The van der Waals surface area contributed by atoms with Crippen LogP contribution in [0.2, 0.25) is 0 Å². The van der Waals surface area contributed by atoms with Crippen molar-refractivity contribution >= 4 is 0 Å². The second-order valence-corrected chi connectivity index (χ2v) is 5.70. The van der Waals surface area contributed by atoms with Gasteiger partial charge in [0.15, 0.2) is 0 Å². The Labute approximate surface area is 124 Å². The highest BCUT2D eigenvalue weighted by atomic mass is 19.4. The van der Waals surface area contributed by atoms with Crippen molar-refractivity contribution in [2.24, 2.45) is 5.92 Å². The van der Waals surface area contributed by atoms with Gasteiger partial charge in [0.25, 0.3) is 0 Å². The highest BCUT2D eigenvalue weighted by Crippen LogP contribution is 2.32. The normalized spacial score (nSPS) is 20.0. The molecule has 5 heteroatoms. The highest BCUT2D eigenvalue weighted by molar-refractivity contribution is 5.29. The molecule has 1 N–H and O–H groups in total. The fourth-order valence-electron chi connectivity index (χ4n) is 2.93. The van der Waals surface area contributed by atoms with Crippen molar-refractivity contribution in [1.82, 2.24) is 10.2 Å². The van der Waals surface area contributed by atoms with Gasteiger partial charge < -0.3 is 5.32 Å². The molecule has 1 aromatic carbocycles. The molecule has 1 saturated heterocycles. The van der Waals surface area contributed by atoms with E-state index in [-0.39, 0.29) is 0 Å². The molecule has 1 heterocycles. The quantitative estimate of drug-likeness (QED) is 0.895. The van der Waals surface area contributed by atoms with Crippen molar-refractivity contribution < 1.29 is 13.2 Å². The first kappa shape index (κ1) is 16.3. The lowest BCUT2D eigenvalue weighted by atomic mass is 9.98. The Morgan fingerprint density at radius 1 is 1.29 bits per heavy atom. The van der Waals surface area contributed by atoms with Crippen molar-refractivity contribution in [2.45, 2.75) is 32.5 Å². The van der Waals surface area contributed by atoms with Gasteiger partial charge in [0.1, 0.15) is 0 Å². The van der Waals surface area contributed by atoms with E-state index in [0.717, 1.165) is 39.0 Å². The molecule has 0 amide bonds. The first-order chi connectivity index (χ1) is 10.0. The summed E-state index contributed by atoms with van der Waals surface area (Å²) in [7, 11) is 0. The molecule has 118 valence electrons. The maximum absolute atomic E-state index is 13.0. The number of benzene rings is 1. The first-order valence-corrected chi connectivity index (χ1v) is 7.59. The largest absolute Gasteiger partial charge is 0.416 e. The van der Waals surface area contributed by atoms with Crippen LogP contribution >= 0.6 is 0 Å². The van der Waals surface area contributed by atoms with Gasteiger partial charge in [-0.15, -0.1) is 0 Å². The van der Waals surface area contributed by atoms with E-state index in [1.54, 1.807) is 12.1 Å². The minimum atomic E-state index is -4.28. The third-order valence-corrected chi connectivity index (χ3v) is 4.08. The standard InChI is InChI=1S/C16H23F3N2/c1-2-21(11-13-6-5-9-20-10-13)12-14-7-3-4-8-15(14)16(17,18)19/h3-4,7-8,13,20H,2,5-6,9-12H2,1H3. The summed E-state index contributed by atoms with van der Waals surface area (Å²) in [6, 6.07) is 5.89. The number of alkyl halides is 3. The summed E-state index contributed by atoms with van der Waals surface area (Å²) in [6.45, 7) is 6.02. The van der Waals surface area contributed by atoms with Gasteiger partial charge >= 0.3 is 6.18 Å². The van der Waals surface area contributed by atoms with E-state index in [9.17, 15) is 13.2 Å². The minimum absolute atomic E-state index is 0.364. The van der Waals surface area contributed by atoms with E-state index in [2.05, 4.69) is 10.2 Å². The van der Waals surface area contributed by atoms with Gasteiger partial charge in [-0.25, -0.2) is 0 Å². The molecular formula is C16H23F3N2. The van der Waals surface area contributed by atoms with Crippen molar-refractivity contribution in [3.8, 4) is 0 Å². The molecule has 1 aliphatic heterocycles. The summed E-state index contributed by atoms with van der Waals surface area (Å²) in [5, 5.41) is 3.36.